The zero-order valence-corrected chi connectivity index (χ0v) is 19.3. The van der Waals surface area contributed by atoms with Crippen LogP contribution in [0.2, 0.25) is 5.02 Å². The van der Waals surface area contributed by atoms with E-state index < -0.39 is 0 Å². The molecule has 1 fully saturated rings. The molecular formula is C22H31ClN6S. The Kier molecular flexibility index (Phi) is 9.11. The van der Waals surface area contributed by atoms with Gasteiger partial charge in [0.15, 0.2) is 5.96 Å². The highest BCUT2D eigenvalue weighted by molar-refractivity contribution is 7.99. The molecule has 0 saturated carbocycles. The Morgan fingerprint density at radius 3 is 2.53 bits per heavy atom. The van der Waals surface area contributed by atoms with Crippen molar-refractivity contribution in [1.82, 2.24) is 20.5 Å². The van der Waals surface area contributed by atoms with Crippen LogP contribution in [0.15, 0.2) is 52.5 Å². The van der Waals surface area contributed by atoms with E-state index in [4.69, 9.17) is 16.6 Å². The average Bonchev–Trinajstić information content (AvgIpc) is 2.77. The normalized spacial score (nSPS) is 15.3. The third-order valence-electron chi connectivity index (χ3n) is 4.88. The first kappa shape index (κ1) is 22.7. The Morgan fingerprint density at radius 1 is 1.10 bits per heavy atom. The van der Waals surface area contributed by atoms with Gasteiger partial charge >= 0.3 is 0 Å². The van der Waals surface area contributed by atoms with Gasteiger partial charge in [-0.25, -0.2) is 9.98 Å². The molecule has 0 bridgehead atoms. The molecule has 1 saturated heterocycles. The zero-order valence-electron chi connectivity index (χ0n) is 17.8. The Bertz CT molecular complexity index is 788. The smallest absolute Gasteiger partial charge is 0.191 e. The van der Waals surface area contributed by atoms with Crippen LogP contribution >= 0.6 is 23.4 Å². The number of halogens is 1. The number of pyridine rings is 1. The van der Waals surface area contributed by atoms with Gasteiger partial charge in [-0.05, 0) is 49.9 Å². The number of hydrogen-bond donors (Lipinski definition) is 2. The number of aliphatic imine (C=N–C) groups is 1. The first-order valence-corrected chi connectivity index (χ1v) is 11.8. The predicted molar refractivity (Wildman–Crippen MR) is 129 cm³/mol. The van der Waals surface area contributed by atoms with E-state index in [1.807, 2.05) is 30.5 Å². The zero-order chi connectivity index (χ0) is 21.2. The lowest BCUT2D eigenvalue weighted by Crippen LogP contribution is -2.44. The van der Waals surface area contributed by atoms with Crippen molar-refractivity contribution >= 4 is 35.1 Å². The Morgan fingerprint density at radius 2 is 1.87 bits per heavy atom. The summed E-state index contributed by atoms with van der Waals surface area (Å²) < 4.78 is 0. The first-order chi connectivity index (χ1) is 14.6. The van der Waals surface area contributed by atoms with Crippen molar-refractivity contribution in [1.29, 1.82) is 0 Å². The molecule has 0 atom stereocenters. The number of likely N-dealkylation sites (N-methyl/N-ethyl adjacent to an activating group) is 1. The van der Waals surface area contributed by atoms with Crippen molar-refractivity contribution in [3.8, 4) is 0 Å². The van der Waals surface area contributed by atoms with E-state index >= 15 is 0 Å². The maximum absolute atomic E-state index is 5.93. The van der Waals surface area contributed by atoms with E-state index in [2.05, 4.69) is 51.5 Å². The summed E-state index contributed by atoms with van der Waals surface area (Å²) in [6, 6.07) is 12.2. The molecule has 0 radical (unpaired) electrons. The molecule has 0 spiro atoms. The van der Waals surface area contributed by atoms with Crippen molar-refractivity contribution in [3.63, 3.8) is 0 Å². The first-order valence-electron chi connectivity index (χ1n) is 10.4. The van der Waals surface area contributed by atoms with Gasteiger partial charge < -0.3 is 20.4 Å². The van der Waals surface area contributed by atoms with Crippen molar-refractivity contribution in [2.45, 2.75) is 18.4 Å². The highest BCUT2D eigenvalue weighted by atomic mass is 35.5. The van der Waals surface area contributed by atoms with Gasteiger partial charge in [-0.1, -0.05) is 17.7 Å². The van der Waals surface area contributed by atoms with Crippen molar-refractivity contribution in [3.05, 3.63) is 53.2 Å². The fourth-order valence-corrected chi connectivity index (χ4v) is 4.01. The fourth-order valence-electron chi connectivity index (χ4n) is 3.11. The summed E-state index contributed by atoms with van der Waals surface area (Å²) in [4.78, 5) is 15.3. The molecule has 8 heteroatoms. The molecule has 162 valence electrons. The average molecular weight is 447 g/mol. The van der Waals surface area contributed by atoms with Crippen LogP contribution in [-0.4, -0.2) is 67.9 Å². The minimum Gasteiger partial charge on any atom is -0.357 e. The lowest BCUT2D eigenvalue weighted by Gasteiger charge is -2.33. The van der Waals surface area contributed by atoms with Crippen LogP contribution in [0.1, 0.15) is 12.5 Å². The standard InChI is InChI=1S/C22H31ClN6S/c1-3-24-22(25-10-15-30-20-7-5-19(23)6-8-20)27-17-18-4-9-21(26-16-18)29-13-11-28(2)12-14-29/h4-9,16H,3,10-15,17H2,1-2H3,(H2,24,25,27). The summed E-state index contributed by atoms with van der Waals surface area (Å²) in [6.45, 7) is 8.58. The second-order valence-electron chi connectivity index (χ2n) is 7.24. The number of benzene rings is 1. The van der Waals surface area contributed by atoms with Gasteiger partial charge in [0, 0.05) is 61.1 Å². The van der Waals surface area contributed by atoms with Crippen LogP contribution in [0.5, 0.6) is 0 Å². The molecular weight excluding hydrogens is 416 g/mol. The minimum atomic E-state index is 0.607. The number of piperazine rings is 1. The van der Waals surface area contributed by atoms with Gasteiger partial charge in [-0.2, -0.15) is 0 Å². The van der Waals surface area contributed by atoms with Crippen LogP contribution in [0.4, 0.5) is 5.82 Å². The van der Waals surface area contributed by atoms with Gasteiger partial charge in [-0.15, -0.1) is 11.8 Å². The number of thioether (sulfide) groups is 1. The highest BCUT2D eigenvalue weighted by Crippen LogP contribution is 2.19. The summed E-state index contributed by atoms with van der Waals surface area (Å²) >= 11 is 7.73. The molecule has 1 aliphatic heterocycles. The number of aromatic nitrogens is 1. The highest BCUT2D eigenvalue weighted by Gasteiger charge is 2.14. The van der Waals surface area contributed by atoms with Crippen LogP contribution in [-0.2, 0) is 6.54 Å². The lowest BCUT2D eigenvalue weighted by molar-refractivity contribution is 0.312. The van der Waals surface area contributed by atoms with Gasteiger partial charge in [0.1, 0.15) is 5.82 Å². The van der Waals surface area contributed by atoms with Crippen molar-refractivity contribution in [2.75, 3.05) is 57.0 Å². The molecule has 1 aromatic heterocycles. The molecule has 3 rings (SSSR count). The maximum Gasteiger partial charge on any atom is 0.191 e. The molecule has 2 heterocycles. The van der Waals surface area contributed by atoms with E-state index in [1.165, 1.54) is 4.90 Å². The SMILES string of the molecule is CCNC(=NCc1ccc(N2CCN(C)CC2)nc1)NCCSc1ccc(Cl)cc1. The molecule has 0 amide bonds. The molecule has 30 heavy (non-hydrogen) atoms. The summed E-state index contributed by atoms with van der Waals surface area (Å²) in [5.41, 5.74) is 1.11. The third-order valence-corrected chi connectivity index (χ3v) is 6.14. The van der Waals surface area contributed by atoms with Gasteiger partial charge in [0.2, 0.25) is 0 Å². The van der Waals surface area contributed by atoms with E-state index in [-0.39, 0.29) is 0 Å². The molecule has 0 unspecified atom stereocenters. The second kappa shape index (κ2) is 12.0. The third kappa shape index (κ3) is 7.38. The topological polar surface area (TPSA) is 55.8 Å². The Labute approximate surface area is 189 Å². The number of hydrogen-bond acceptors (Lipinski definition) is 5. The summed E-state index contributed by atoms with van der Waals surface area (Å²) in [5.74, 6) is 2.84. The fraction of sp³-hybridized carbons (Fsp3) is 0.455. The largest absolute Gasteiger partial charge is 0.357 e. The van der Waals surface area contributed by atoms with E-state index in [9.17, 15) is 0 Å². The van der Waals surface area contributed by atoms with Gasteiger partial charge in [0.05, 0.1) is 6.54 Å². The summed E-state index contributed by atoms with van der Waals surface area (Å²) in [5, 5.41) is 7.47. The molecule has 2 N–H and O–H groups in total. The van der Waals surface area contributed by atoms with Crippen LogP contribution in [0.25, 0.3) is 0 Å². The van der Waals surface area contributed by atoms with Crippen molar-refractivity contribution < 1.29 is 0 Å². The lowest BCUT2D eigenvalue weighted by atomic mass is 10.2. The van der Waals surface area contributed by atoms with E-state index in [1.54, 1.807) is 11.8 Å². The van der Waals surface area contributed by atoms with Crippen LogP contribution < -0.4 is 15.5 Å². The molecule has 0 aliphatic carbocycles. The number of rotatable bonds is 8. The summed E-state index contributed by atoms with van der Waals surface area (Å²) in [6.07, 6.45) is 1.94. The maximum atomic E-state index is 5.93. The Balaban J connectivity index is 1.45. The number of anilines is 1. The molecule has 1 aliphatic rings. The molecule has 6 nitrogen and oxygen atoms in total. The van der Waals surface area contributed by atoms with Gasteiger partial charge in [-0.3, -0.25) is 0 Å². The van der Waals surface area contributed by atoms with E-state index in [0.29, 0.717) is 6.54 Å². The van der Waals surface area contributed by atoms with Crippen LogP contribution in [0, 0.1) is 0 Å². The molecule has 2 aromatic rings. The second-order valence-corrected chi connectivity index (χ2v) is 8.84. The Hall–Kier alpha value is -1.96. The number of nitrogens with zero attached hydrogens (tertiary/aromatic N) is 4. The van der Waals surface area contributed by atoms with Crippen LogP contribution in [0.3, 0.4) is 0 Å². The quantitative estimate of drug-likeness (QED) is 0.281. The molecule has 1 aromatic carbocycles. The van der Waals surface area contributed by atoms with Gasteiger partial charge in [0.25, 0.3) is 0 Å². The summed E-state index contributed by atoms with van der Waals surface area (Å²) in [7, 11) is 2.16. The van der Waals surface area contributed by atoms with Crippen molar-refractivity contribution in [2.24, 2.45) is 4.99 Å². The predicted octanol–water partition coefficient (Wildman–Crippen LogP) is 3.33. The number of nitrogens with one attached hydrogen (secondary N) is 2. The number of guanidine groups is 1. The monoisotopic (exact) mass is 446 g/mol. The minimum absolute atomic E-state index is 0.607. The van der Waals surface area contributed by atoms with E-state index in [0.717, 1.165) is 67.4 Å².